The summed E-state index contributed by atoms with van der Waals surface area (Å²) in [6.07, 6.45) is 0.785. The van der Waals surface area contributed by atoms with Crippen molar-refractivity contribution in [2.45, 2.75) is 13.8 Å². The highest BCUT2D eigenvalue weighted by atomic mass is 16.6. The lowest BCUT2D eigenvalue weighted by molar-refractivity contribution is -0.137. The predicted octanol–water partition coefficient (Wildman–Crippen LogP) is 0.858. The van der Waals surface area contributed by atoms with Crippen molar-refractivity contribution in [1.82, 2.24) is 0 Å². The van der Waals surface area contributed by atoms with Gasteiger partial charge < -0.3 is 9.47 Å². The van der Waals surface area contributed by atoms with E-state index in [0.717, 1.165) is 6.08 Å². The lowest BCUT2D eigenvalue weighted by atomic mass is 10.6. The van der Waals surface area contributed by atoms with Gasteiger partial charge in [0.25, 0.3) is 0 Å². The van der Waals surface area contributed by atoms with E-state index in [1.54, 1.807) is 13.8 Å². The molecule has 0 aliphatic rings. The van der Waals surface area contributed by atoms with Gasteiger partial charge in [-0.25, -0.2) is 9.90 Å². The molecule has 0 aromatic carbocycles. The number of carbonyl (C=O) groups is 1. The largest absolute Gasteiger partial charge is 0.463 e. The lowest BCUT2D eigenvalue weighted by Crippen LogP contribution is -2.02. The Labute approximate surface area is 65.4 Å². The Hall–Kier alpha value is -1.19. The maximum Gasteiger partial charge on any atom is 0.338 e. The molecule has 0 aromatic heterocycles. The second-order valence-corrected chi connectivity index (χ2v) is 1.65. The zero-order chi connectivity index (χ0) is 8.69. The summed E-state index contributed by atoms with van der Waals surface area (Å²) in [6, 6.07) is 0. The van der Waals surface area contributed by atoms with Crippen LogP contribution in [0, 0.1) is 0 Å². The molecule has 0 fully saturated rings. The number of esters is 1. The monoisotopic (exact) mass is 159 g/mol. The molecule has 0 amide bonds. The van der Waals surface area contributed by atoms with Gasteiger partial charge in [-0.3, -0.25) is 0 Å². The van der Waals surface area contributed by atoms with Crippen LogP contribution in [0.15, 0.2) is 12.0 Å². The topological polar surface area (TPSA) is 55.4 Å². The molecule has 63 valence electrons. The van der Waals surface area contributed by atoms with Crippen molar-refractivity contribution in [2.75, 3.05) is 13.2 Å². The summed E-state index contributed by atoms with van der Waals surface area (Å²) < 4.78 is 8.93. The molecule has 0 unspecified atom stereocenters. The predicted molar refractivity (Wildman–Crippen MR) is 37.0 cm³/mol. The van der Waals surface area contributed by atoms with Gasteiger partial charge in [-0.1, -0.05) is 0 Å². The maximum atomic E-state index is 10.5. The molecule has 4 nitrogen and oxygen atoms in total. The van der Waals surface area contributed by atoms with Crippen LogP contribution in [0.25, 0.3) is 0 Å². The number of hydrogen-bond donors (Lipinski definition) is 0. The van der Waals surface area contributed by atoms with Crippen molar-refractivity contribution in [3.8, 4) is 0 Å². The molecule has 0 saturated heterocycles. The SMILES string of the molecule is CCOC(=O)C=C([O])OCC. The Morgan fingerprint density at radius 1 is 1.27 bits per heavy atom. The van der Waals surface area contributed by atoms with Gasteiger partial charge in [-0.05, 0) is 13.8 Å². The zero-order valence-corrected chi connectivity index (χ0v) is 6.62. The van der Waals surface area contributed by atoms with E-state index >= 15 is 0 Å². The second-order valence-electron chi connectivity index (χ2n) is 1.65. The van der Waals surface area contributed by atoms with Crippen LogP contribution in [0.3, 0.4) is 0 Å². The van der Waals surface area contributed by atoms with E-state index in [0.29, 0.717) is 0 Å². The van der Waals surface area contributed by atoms with Gasteiger partial charge in [0.1, 0.15) is 6.08 Å². The van der Waals surface area contributed by atoms with E-state index in [4.69, 9.17) is 0 Å². The molecular weight excluding hydrogens is 148 g/mol. The van der Waals surface area contributed by atoms with Gasteiger partial charge in [-0.2, -0.15) is 0 Å². The molecule has 0 atom stereocenters. The molecule has 1 radical (unpaired) electrons. The highest BCUT2D eigenvalue weighted by Crippen LogP contribution is 1.93. The van der Waals surface area contributed by atoms with Crippen molar-refractivity contribution in [3.63, 3.8) is 0 Å². The summed E-state index contributed by atoms with van der Waals surface area (Å²) in [4.78, 5) is 10.5. The molecule has 0 heterocycles. The fourth-order valence-corrected chi connectivity index (χ4v) is 0.464. The minimum absolute atomic E-state index is 0.259. The summed E-state index contributed by atoms with van der Waals surface area (Å²) in [6.45, 7) is 3.84. The van der Waals surface area contributed by atoms with E-state index in [1.807, 2.05) is 0 Å². The van der Waals surface area contributed by atoms with Crippen LogP contribution in [-0.2, 0) is 19.4 Å². The molecule has 0 saturated carbocycles. The Kier molecular flexibility index (Phi) is 4.98. The van der Waals surface area contributed by atoms with Gasteiger partial charge in [0.05, 0.1) is 13.2 Å². The van der Waals surface area contributed by atoms with E-state index in [9.17, 15) is 9.90 Å². The molecular formula is C7H11O4. The minimum atomic E-state index is -0.661. The van der Waals surface area contributed by atoms with Crippen molar-refractivity contribution in [1.29, 1.82) is 0 Å². The number of ether oxygens (including phenoxy) is 2. The van der Waals surface area contributed by atoms with E-state index in [-0.39, 0.29) is 13.2 Å². The first-order chi connectivity index (χ1) is 5.20. The first-order valence-electron chi connectivity index (χ1n) is 3.39. The molecule has 0 aliphatic carbocycles. The average Bonchev–Trinajstić information content (AvgIpc) is 1.87. The number of carbonyl (C=O) groups excluding carboxylic acids is 1. The smallest absolute Gasteiger partial charge is 0.338 e. The van der Waals surface area contributed by atoms with E-state index < -0.39 is 11.9 Å². The first kappa shape index (κ1) is 9.81. The highest BCUT2D eigenvalue weighted by molar-refractivity contribution is 5.81. The Morgan fingerprint density at radius 2 is 1.82 bits per heavy atom. The summed E-state index contributed by atoms with van der Waals surface area (Å²) >= 11 is 0. The molecule has 0 rings (SSSR count). The second kappa shape index (κ2) is 5.58. The molecule has 0 aliphatic heterocycles. The van der Waals surface area contributed by atoms with Crippen LogP contribution < -0.4 is 0 Å². The fourth-order valence-electron chi connectivity index (χ4n) is 0.464. The number of hydrogen-bond acceptors (Lipinski definition) is 3. The Bertz CT molecular complexity index is 151. The maximum absolute atomic E-state index is 10.5. The summed E-state index contributed by atoms with van der Waals surface area (Å²) in [5, 5.41) is 10.5. The zero-order valence-electron chi connectivity index (χ0n) is 6.62. The molecule has 0 aromatic rings. The van der Waals surface area contributed by atoms with Gasteiger partial charge >= 0.3 is 11.9 Å². The van der Waals surface area contributed by atoms with Crippen LogP contribution in [0.4, 0.5) is 0 Å². The van der Waals surface area contributed by atoms with Gasteiger partial charge in [-0.15, -0.1) is 0 Å². The molecule has 0 N–H and O–H groups in total. The Balaban J connectivity index is 3.76. The molecule has 4 heteroatoms. The first-order valence-corrected chi connectivity index (χ1v) is 3.39. The summed E-state index contributed by atoms with van der Waals surface area (Å²) in [5.41, 5.74) is 0. The Morgan fingerprint density at radius 3 is 2.27 bits per heavy atom. The van der Waals surface area contributed by atoms with Crippen molar-refractivity contribution < 1.29 is 19.4 Å². The number of rotatable bonds is 4. The quantitative estimate of drug-likeness (QED) is 0.347. The molecule has 0 bridgehead atoms. The van der Waals surface area contributed by atoms with Crippen molar-refractivity contribution in [3.05, 3.63) is 12.0 Å². The third kappa shape index (κ3) is 5.26. The molecule has 0 spiro atoms. The van der Waals surface area contributed by atoms with E-state index in [2.05, 4.69) is 9.47 Å². The van der Waals surface area contributed by atoms with Gasteiger partial charge in [0.15, 0.2) is 0 Å². The average molecular weight is 159 g/mol. The van der Waals surface area contributed by atoms with Gasteiger partial charge in [0, 0.05) is 0 Å². The van der Waals surface area contributed by atoms with Crippen LogP contribution >= 0.6 is 0 Å². The lowest BCUT2D eigenvalue weighted by Gasteiger charge is -1.97. The van der Waals surface area contributed by atoms with E-state index in [1.165, 1.54) is 0 Å². The fraction of sp³-hybridized carbons (Fsp3) is 0.571. The highest BCUT2D eigenvalue weighted by Gasteiger charge is 2.01. The summed E-state index contributed by atoms with van der Waals surface area (Å²) in [5.74, 6) is -1.32. The van der Waals surface area contributed by atoms with Crippen molar-refractivity contribution in [2.24, 2.45) is 0 Å². The third-order valence-corrected chi connectivity index (χ3v) is 0.809. The van der Waals surface area contributed by atoms with Crippen molar-refractivity contribution >= 4 is 5.97 Å². The van der Waals surface area contributed by atoms with Crippen LogP contribution in [0.2, 0.25) is 0 Å². The standard InChI is InChI=1S/C7H11O4/c1-3-10-6(8)5-7(9)11-4-2/h5H,3-4H2,1-2H3. The normalized spacial score (nSPS) is 10.9. The van der Waals surface area contributed by atoms with Crippen LogP contribution in [0.5, 0.6) is 0 Å². The van der Waals surface area contributed by atoms with Gasteiger partial charge in [0.2, 0.25) is 0 Å². The third-order valence-electron chi connectivity index (χ3n) is 0.809. The summed E-state index contributed by atoms with van der Waals surface area (Å²) in [7, 11) is 0. The van der Waals surface area contributed by atoms with Crippen LogP contribution in [-0.4, -0.2) is 19.2 Å². The van der Waals surface area contributed by atoms with Crippen LogP contribution in [0.1, 0.15) is 13.8 Å². The molecule has 11 heavy (non-hydrogen) atoms. The minimum Gasteiger partial charge on any atom is -0.463 e.